The van der Waals surface area contributed by atoms with E-state index in [-0.39, 0.29) is 0 Å². The number of hydrogen-bond donors (Lipinski definition) is 1. The summed E-state index contributed by atoms with van der Waals surface area (Å²) < 4.78 is 3.08. The van der Waals surface area contributed by atoms with Gasteiger partial charge >= 0.3 is 0 Å². The van der Waals surface area contributed by atoms with Gasteiger partial charge in [-0.3, -0.25) is 4.68 Å². The van der Waals surface area contributed by atoms with Crippen molar-refractivity contribution in [3.63, 3.8) is 0 Å². The van der Waals surface area contributed by atoms with Crippen molar-refractivity contribution in [1.29, 1.82) is 0 Å². The van der Waals surface area contributed by atoms with Crippen LogP contribution in [0.15, 0.2) is 22.8 Å². The lowest BCUT2D eigenvalue weighted by atomic mass is 10.1. The average Bonchev–Trinajstić information content (AvgIpc) is 2.74. The van der Waals surface area contributed by atoms with Crippen LogP contribution in [0, 0.1) is 13.8 Å². The van der Waals surface area contributed by atoms with E-state index in [0.29, 0.717) is 5.92 Å². The van der Waals surface area contributed by atoms with E-state index in [1.165, 1.54) is 26.9 Å². The number of aryl methyl sites for hydroxylation is 3. The van der Waals surface area contributed by atoms with E-state index < -0.39 is 0 Å². The van der Waals surface area contributed by atoms with Gasteiger partial charge in [0, 0.05) is 35.5 Å². The number of anilines is 1. The first-order valence-corrected chi connectivity index (χ1v) is 7.70. The molecule has 20 heavy (non-hydrogen) atoms. The number of benzene rings is 1. The van der Waals surface area contributed by atoms with Gasteiger partial charge in [-0.15, -0.1) is 0 Å². The van der Waals surface area contributed by atoms with Gasteiger partial charge in [-0.1, -0.05) is 29.8 Å². The van der Waals surface area contributed by atoms with Crippen molar-refractivity contribution in [3.05, 3.63) is 45.2 Å². The molecule has 0 amide bonds. The molecule has 0 spiro atoms. The summed E-state index contributed by atoms with van der Waals surface area (Å²) in [6.45, 7) is 9.40. The zero-order valence-electron chi connectivity index (χ0n) is 12.8. The van der Waals surface area contributed by atoms with E-state index in [0.717, 1.165) is 12.2 Å². The fraction of sp³-hybridized carbons (Fsp3) is 0.438. The molecule has 0 aliphatic carbocycles. The molecule has 0 saturated carbocycles. The topological polar surface area (TPSA) is 29.9 Å². The fourth-order valence-corrected chi connectivity index (χ4v) is 2.65. The molecule has 0 unspecified atom stereocenters. The molecule has 0 bridgehead atoms. The van der Waals surface area contributed by atoms with E-state index in [2.05, 4.69) is 72.4 Å². The van der Waals surface area contributed by atoms with Crippen LogP contribution >= 0.6 is 15.9 Å². The maximum atomic E-state index is 4.54. The Hall–Kier alpha value is -1.29. The molecule has 0 atom stereocenters. The minimum absolute atomic E-state index is 0.446. The number of halogens is 1. The molecule has 1 N–H and O–H groups in total. The van der Waals surface area contributed by atoms with Gasteiger partial charge in [-0.05, 0) is 43.0 Å². The van der Waals surface area contributed by atoms with Gasteiger partial charge in [0.15, 0.2) is 0 Å². The maximum Gasteiger partial charge on any atom is 0.0699 e. The lowest BCUT2D eigenvalue weighted by Gasteiger charge is -2.11. The summed E-state index contributed by atoms with van der Waals surface area (Å²) in [7, 11) is 1.98. The van der Waals surface area contributed by atoms with Gasteiger partial charge in [-0.25, -0.2) is 0 Å². The Morgan fingerprint density at radius 1 is 1.25 bits per heavy atom. The van der Waals surface area contributed by atoms with Gasteiger partial charge in [0.05, 0.1) is 5.69 Å². The molecule has 0 aliphatic heterocycles. The highest BCUT2D eigenvalue weighted by molar-refractivity contribution is 9.10. The number of aromatic nitrogens is 2. The summed E-state index contributed by atoms with van der Waals surface area (Å²) in [5.41, 5.74) is 6.10. The minimum atomic E-state index is 0.446. The Balaban J connectivity index is 2.17. The molecule has 108 valence electrons. The highest BCUT2D eigenvalue weighted by Crippen LogP contribution is 2.26. The van der Waals surface area contributed by atoms with Crippen molar-refractivity contribution in [2.75, 3.05) is 5.32 Å². The van der Waals surface area contributed by atoms with Gasteiger partial charge in [-0.2, -0.15) is 5.10 Å². The molecule has 3 nitrogen and oxygen atoms in total. The van der Waals surface area contributed by atoms with Gasteiger partial charge in [0.2, 0.25) is 0 Å². The first-order chi connectivity index (χ1) is 9.38. The predicted molar refractivity (Wildman–Crippen MR) is 88.2 cm³/mol. The molecule has 0 fully saturated rings. The van der Waals surface area contributed by atoms with E-state index >= 15 is 0 Å². The van der Waals surface area contributed by atoms with Crippen LogP contribution in [0.25, 0.3) is 0 Å². The highest BCUT2D eigenvalue weighted by Gasteiger charge is 2.11. The van der Waals surface area contributed by atoms with Crippen LogP contribution in [0.3, 0.4) is 0 Å². The summed E-state index contributed by atoms with van der Waals surface area (Å²) in [5.74, 6) is 0.446. The number of hydrogen-bond acceptors (Lipinski definition) is 2. The van der Waals surface area contributed by atoms with E-state index in [9.17, 15) is 0 Å². The Labute approximate surface area is 129 Å². The second kappa shape index (κ2) is 6.00. The van der Waals surface area contributed by atoms with Crippen LogP contribution in [-0.2, 0) is 13.6 Å². The SMILES string of the molecule is Cc1cc(NCc2cn(C)nc2C(C)C)cc(C)c1Br. The van der Waals surface area contributed by atoms with Crippen molar-refractivity contribution in [2.24, 2.45) is 7.05 Å². The van der Waals surface area contributed by atoms with Gasteiger partial charge in [0.25, 0.3) is 0 Å². The third-order valence-electron chi connectivity index (χ3n) is 3.40. The summed E-state index contributed by atoms with van der Waals surface area (Å²) in [4.78, 5) is 0. The molecule has 1 heterocycles. The normalized spacial score (nSPS) is 11.2. The van der Waals surface area contributed by atoms with Crippen molar-refractivity contribution in [3.8, 4) is 0 Å². The Kier molecular flexibility index (Phi) is 4.53. The van der Waals surface area contributed by atoms with Crippen LogP contribution in [0.5, 0.6) is 0 Å². The minimum Gasteiger partial charge on any atom is -0.381 e. The number of rotatable bonds is 4. The standard InChI is InChI=1S/C16H22BrN3/c1-10(2)16-13(9-20(5)19-16)8-18-14-6-11(3)15(17)12(4)7-14/h6-7,9-10,18H,8H2,1-5H3. The molecule has 1 aromatic heterocycles. The maximum absolute atomic E-state index is 4.54. The molecular weight excluding hydrogens is 314 g/mol. The molecule has 4 heteroatoms. The smallest absolute Gasteiger partial charge is 0.0699 e. The number of nitrogens with one attached hydrogen (secondary N) is 1. The van der Waals surface area contributed by atoms with Crippen LogP contribution in [-0.4, -0.2) is 9.78 Å². The Morgan fingerprint density at radius 3 is 2.40 bits per heavy atom. The lowest BCUT2D eigenvalue weighted by Crippen LogP contribution is -2.03. The Bertz CT molecular complexity index is 591. The molecule has 2 rings (SSSR count). The monoisotopic (exact) mass is 335 g/mol. The van der Waals surface area contributed by atoms with E-state index in [1.54, 1.807) is 0 Å². The molecule has 0 aliphatic rings. The Morgan fingerprint density at radius 2 is 1.85 bits per heavy atom. The zero-order valence-corrected chi connectivity index (χ0v) is 14.4. The zero-order chi connectivity index (χ0) is 14.9. The predicted octanol–water partition coefficient (Wildman–Crippen LogP) is 4.53. The van der Waals surface area contributed by atoms with Gasteiger partial charge in [0.1, 0.15) is 0 Å². The van der Waals surface area contributed by atoms with Gasteiger partial charge < -0.3 is 5.32 Å². The van der Waals surface area contributed by atoms with Crippen molar-refractivity contribution in [1.82, 2.24) is 9.78 Å². The highest BCUT2D eigenvalue weighted by atomic mass is 79.9. The quantitative estimate of drug-likeness (QED) is 0.889. The third kappa shape index (κ3) is 3.23. The first kappa shape index (κ1) is 15.1. The third-order valence-corrected chi connectivity index (χ3v) is 4.65. The molecule has 1 aromatic carbocycles. The van der Waals surface area contributed by atoms with E-state index in [1.807, 2.05) is 11.7 Å². The summed E-state index contributed by atoms with van der Waals surface area (Å²) in [6.07, 6.45) is 2.10. The second-order valence-electron chi connectivity index (χ2n) is 5.65. The molecule has 0 radical (unpaired) electrons. The summed E-state index contributed by atoms with van der Waals surface area (Å²) in [5, 5.41) is 8.05. The van der Waals surface area contributed by atoms with Crippen LogP contribution in [0.1, 0.15) is 42.1 Å². The largest absolute Gasteiger partial charge is 0.381 e. The summed E-state index contributed by atoms with van der Waals surface area (Å²) >= 11 is 3.60. The number of nitrogens with zero attached hydrogens (tertiary/aromatic N) is 2. The van der Waals surface area contributed by atoms with E-state index in [4.69, 9.17) is 0 Å². The van der Waals surface area contributed by atoms with Crippen LogP contribution in [0.2, 0.25) is 0 Å². The van der Waals surface area contributed by atoms with Crippen LogP contribution < -0.4 is 5.32 Å². The molecule has 2 aromatic rings. The molecular formula is C16H22BrN3. The van der Waals surface area contributed by atoms with Crippen molar-refractivity contribution < 1.29 is 0 Å². The van der Waals surface area contributed by atoms with Crippen molar-refractivity contribution in [2.45, 2.75) is 40.2 Å². The lowest BCUT2D eigenvalue weighted by molar-refractivity contribution is 0.712. The fourth-order valence-electron chi connectivity index (χ4n) is 2.42. The van der Waals surface area contributed by atoms with Crippen molar-refractivity contribution >= 4 is 21.6 Å². The first-order valence-electron chi connectivity index (χ1n) is 6.91. The summed E-state index contributed by atoms with van der Waals surface area (Å²) in [6, 6.07) is 4.34. The second-order valence-corrected chi connectivity index (χ2v) is 6.44. The average molecular weight is 336 g/mol. The molecule has 0 saturated heterocycles. The van der Waals surface area contributed by atoms with Crippen LogP contribution in [0.4, 0.5) is 5.69 Å².